The van der Waals surface area contributed by atoms with Gasteiger partial charge in [0.05, 0.1) is 10.6 Å². The van der Waals surface area contributed by atoms with E-state index in [0.717, 1.165) is 4.88 Å². The minimum absolute atomic E-state index is 0.000284. The first-order valence-corrected chi connectivity index (χ1v) is 7.77. The number of carbonyl (C=O) groups excluding carboxylic acids is 1. The second kappa shape index (κ2) is 6.75. The molecule has 7 heteroatoms. The highest BCUT2D eigenvalue weighted by Crippen LogP contribution is 2.29. The van der Waals surface area contributed by atoms with Crippen molar-refractivity contribution in [2.45, 2.75) is 19.5 Å². The Morgan fingerprint density at radius 1 is 1.38 bits per heavy atom. The van der Waals surface area contributed by atoms with Crippen molar-refractivity contribution < 1.29 is 9.18 Å². The first-order valence-electron chi connectivity index (χ1n) is 6.13. The van der Waals surface area contributed by atoms with Crippen LogP contribution in [0, 0.1) is 5.82 Å². The molecule has 0 saturated carbocycles. The van der Waals surface area contributed by atoms with E-state index < -0.39 is 11.7 Å². The van der Waals surface area contributed by atoms with Gasteiger partial charge >= 0.3 is 0 Å². The van der Waals surface area contributed by atoms with Gasteiger partial charge in [-0.2, -0.15) is 0 Å². The van der Waals surface area contributed by atoms with Crippen molar-refractivity contribution in [1.82, 2.24) is 5.32 Å². The standard InChI is InChI=1S/C14H13Cl2FN2OS/c1-7(10-3-13(17)12(16)4-11(10)15)19-5-9-2-8(6-21-9)14(18)20/h2-4,6-7,19H,5H2,1H3,(H2,18,20)/t7-/m0/s1. The molecule has 1 aromatic heterocycles. The first-order chi connectivity index (χ1) is 9.88. The van der Waals surface area contributed by atoms with E-state index in [2.05, 4.69) is 5.32 Å². The summed E-state index contributed by atoms with van der Waals surface area (Å²) in [6, 6.07) is 4.29. The lowest BCUT2D eigenvalue weighted by atomic mass is 10.1. The average Bonchev–Trinajstić information content (AvgIpc) is 2.89. The number of primary amides is 1. The zero-order valence-electron chi connectivity index (χ0n) is 11.1. The fraction of sp³-hybridized carbons (Fsp3) is 0.214. The maximum absolute atomic E-state index is 13.5. The van der Waals surface area contributed by atoms with Crippen molar-refractivity contribution in [3.05, 3.63) is 55.4 Å². The Hall–Kier alpha value is -1.14. The molecule has 1 heterocycles. The lowest BCUT2D eigenvalue weighted by molar-refractivity contribution is 0.100. The predicted molar refractivity (Wildman–Crippen MR) is 84.5 cm³/mol. The van der Waals surface area contributed by atoms with Gasteiger partial charge in [0.25, 0.3) is 0 Å². The lowest BCUT2D eigenvalue weighted by Gasteiger charge is -2.15. The fourth-order valence-electron chi connectivity index (χ4n) is 1.84. The van der Waals surface area contributed by atoms with Crippen LogP contribution < -0.4 is 11.1 Å². The molecule has 1 amide bonds. The Morgan fingerprint density at radius 3 is 2.71 bits per heavy atom. The van der Waals surface area contributed by atoms with E-state index in [1.165, 1.54) is 23.5 Å². The number of hydrogen-bond acceptors (Lipinski definition) is 3. The van der Waals surface area contributed by atoms with Crippen molar-refractivity contribution in [3.8, 4) is 0 Å². The van der Waals surface area contributed by atoms with Crippen LogP contribution in [0.5, 0.6) is 0 Å². The summed E-state index contributed by atoms with van der Waals surface area (Å²) in [5.74, 6) is -0.953. The van der Waals surface area contributed by atoms with Crippen molar-refractivity contribution in [3.63, 3.8) is 0 Å². The Labute approximate surface area is 135 Å². The zero-order chi connectivity index (χ0) is 15.6. The van der Waals surface area contributed by atoms with Gasteiger partial charge in [-0.05, 0) is 30.7 Å². The molecule has 2 rings (SSSR count). The third-order valence-electron chi connectivity index (χ3n) is 3.03. The van der Waals surface area contributed by atoms with E-state index in [9.17, 15) is 9.18 Å². The van der Waals surface area contributed by atoms with E-state index in [4.69, 9.17) is 28.9 Å². The fourth-order valence-corrected chi connectivity index (χ4v) is 3.21. The Balaban J connectivity index is 2.06. The van der Waals surface area contributed by atoms with Crippen LogP contribution in [-0.2, 0) is 6.54 Å². The number of hydrogen-bond donors (Lipinski definition) is 2. The molecule has 3 N–H and O–H groups in total. The summed E-state index contributed by atoms with van der Waals surface area (Å²) in [6.07, 6.45) is 0. The Bertz CT molecular complexity index is 675. The van der Waals surface area contributed by atoms with Gasteiger partial charge in [-0.3, -0.25) is 4.79 Å². The molecule has 1 aromatic carbocycles. The van der Waals surface area contributed by atoms with Gasteiger partial charge in [0.1, 0.15) is 5.82 Å². The Kier molecular flexibility index (Phi) is 5.22. The quantitative estimate of drug-likeness (QED) is 0.799. The maximum atomic E-state index is 13.5. The van der Waals surface area contributed by atoms with Gasteiger partial charge in [0.2, 0.25) is 5.91 Å². The second-order valence-electron chi connectivity index (χ2n) is 4.56. The summed E-state index contributed by atoms with van der Waals surface area (Å²) in [5, 5.41) is 5.33. The van der Waals surface area contributed by atoms with E-state index >= 15 is 0 Å². The van der Waals surface area contributed by atoms with Crippen molar-refractivity contribution in [2.75, 3.05) is 0 Å². The molecule has 0 aliphatic heterocycles. The topological polar surface area (TPSA) is 55.1 Å². The molecule has 21 heavy (non-hydrogen) atoms. The van der Waals surface area contributed by atoms with Gasteiger partial charge < -0.3 is 11.1 Å². The van der Waals surface area contributed by atoms with Crippen LogP contribution >= 0.6 is 34.5 Å². The smallest absolute Gasteiger partial charge is 0.249 e. The summed E-state index contributed by atoms with van der Waals surface area (Å²) in [6.45, 7) is 2.40. The van der Waals surface area contributed by atoms with Gasteiger partial charge in [0, 0.05) is 27.9 Å². The second-order valence-corrected chi connectivity index (χ2v) is 6.37. The molecular formula is C14H13Cl2FN2OS. The number of amides is 1. The molecule has 0 aliphatic carbocycles. The van der Waals surface area contributed by atoms with Crippen molar-refractivity contribution in [2.24, 2.45) is 5.73 Å². The summed E-state index contributed by atoms with van der Waals surface area (Å²) < 4.78 is 13.5. The first kappa shape index (κ1) is 16.2. The van der Waals surface area contributed by atoms with Crippen LogP contribution in [0.1, 0.15) is 33.8 Å². The minimum Gasteiger partial charge on any atom is -0.366 e. The molecule has 0 unspecified atom stereocenters. The van der Waals surface area contributed by atoms with E-state index in [1.54, 1.807) is 11.4 Å². The third-order valence-corrected chi connectivity index (χ3v) is 4.58. The molecule has 1 atom stereocenters. The molecule has 2 aromatic rings. The number of thiophene rings is 1. The summed E-state index contributed by atoms with van der Waals surface area (Å²) in [4.78, 5) is 12.0. The molecule has 0 fully saturated rings. The summed E-state index contributed by atoms with van der Waals surface area (Å²) in [7, 11) is 0. The molecule has 0 spiro atoms. The van der Waals surface area contributed by atoms with E-state index in [-0.39, 0.29) is 11.1 Å². The Morgan fingerprint density at radius 2 is 2.10 bits per heavy atom. The molecule has 0 saturated heterocycles. The monoisotopic (exact) mass is 346 g/mol. The van der Waals surface area contributed by atoms with Gasteiger partial charge in [0.15, 0.2) is 0 Å². The lowest BCUT2D eigenvalue weighted by Crippen LogP contribution is -2.18. The highest BCUT2D eigenvalue weighted by Gasteiger charge is 2.14. The van der Waals surface area contributed by atoms with Crippen LogP contribution in [0.2, 0.25) is 10.0 Å². The SMILES string of the molecule is C[C@H](NCc1cc(C(N)=O)cs1)c1cc(F)c(Cl)cc1Cl. The van der Waals surface area contributed by atoms with Crippen LogP contribution in [-0.4, -0.2) is 5.91 Å². The number of nitrogens with one attached hydrogen (secondary N) is 1. The van der Waals surface area contributed by atoms with Crippen LogP contribution in [0.3, 0.4) is 0 Å². The average molecular weight is 347 g/mol. The summed E-state index contributed by atoms with van der Waals surface area (Å²) in [5.41, 5.74) is 6.32. The number of halogens is 3. The van der Waals surface area contributed by atoms with Gasteiger partial charge in [-0.15, -0.1) is 11.3 Å². The predicted octanol–water partition coefficient (Wildman–Crippen LogP) is 4.14. The molecule has 0 bridgehead atoms. The van der Waals surface area contributed by atoms with Crippen LogP contribution in [0.4, 0.5) is 4.39 Å². The van der Waals surface area contributed by atoms with Crippen LogP contribution in [0.25, 0.3) is 0 Å². The number of rotatable bonds is 5. The van der Waals surface area contributed by atoms with Gasteiger partial charge in [-0.1, -0.05) is 23.2 Å². The molecule has 0 radical (unpaired) electrons. The number of carbonyl (C=O) groups is 1. The van der Waals surface area contributed by atoms with Crippen molar-refractivity contribution in [1.29, 1.82) is 0 Å². The number of nitrogens with two attached hydrogens (primary N) is 1. The third kappa shape index (κ3) is 3.95. The molecule has 3 nitrogen and oxygen atoms in total. The van der Waals surface area contributed by atoms with Crippen molar-refractivity contribution >= 4 is 40.4 Å². The summed E-state index contributed by atoms with van der Waals surface area (Å²) >= 11 is 13.2. The molecule has 0 aliphatic rings. The molecule has 112 valence electrons. The van der Waals surface area contributed by atoms with E-state index in [0.29, 0.717) is 22.7 Å². The number of benzene rings is 1. The van der Waals surface area contributed by atoms with E-state index in [1.807, 2.05) is 6.92 Å². The maximum Gasteiger partial charge on any atom is 0.249 e. The normalized spacial score (nSPS) is 12.4. The zero-order valence-corrected chi connectivity index (χ0v) is 13.4. The highest BCUT2D eigenvalue weighted by atomic mass is 35.5. The highest BCUT2D eigenvalue weighted by molar-refractivity contribution is 7.10. The molecular weight excluding hydrogens is 334 g/mol. The van der Waals surface area contributed by atoms with Crippen LogP contribution in [0.15, 0.2) is 23.6 Å². The largest absolute Gasteiger partial charge is 0.366 e. The van der Waals surface area contributed by atoms with Gasteiger partial charge in [-0.25, -0.2) is 4.39 Å². The minimum atomic E-state index is -0.503.